The summed E-state index contributed by atoms with van der Waals surface area (Å²) in [6.07, 6.45) is 0. The maximum atomic E-state index is 13.3. The Labute approximate surface area is 141 Å². The topological polar surface area (TPSA) is 88.7 Å². The number of hydrogen-bond donors (Lipinski definition) is 1. The number of carboxylic acid groups (broad SMARTS) is 1. The predicted molar refractivity (Wildman–Crippen MR) is 87.2 cm³/mol. The maximum Gasteiger partial charge on any atom is 0.371 e. The van der Waals surface area contributed by atoms with Crippen molar-refractivity contribution in [3.8, 4) is 11.3 Å². The zero-order valence-electron chi connectivity index (χ0n) is 13.1. The number of ether oxygens (including phenoxy) is 1. The van der Waals surface area contributed by atoms with Gasteiger partial charge in [-0.15, -0.1) is 0 Å². The lowest BCUT2D eigenvalue weighted by atomic mass is 10.1. The number of fused-ring (bicyclic) bond motifs is 1. The molecule has 0 amide bonds. The van der Waals surface area contributed by atoms with Gasteiger partial charge in [-0.05, 0) is 24.3 Å². The Balaban J connectivity index is 1.89. The number of aromatic carboxylic acids is 1. The van der Waals surface area contributed by atoms with Crippen LogP contribution in [-0.4, -0.2) is 47.3 Å². The smallest absolute Gasteiger partial charge is 0.371 e. The highest BCUT2D eigenvalue weighted by atomic mass is 19.1. The van der Waals surface area contributed by atoms with Gasteiger partial charge in [-0.1, -0.05) is 0 Å². The van der Waals surface area contributed by atoms with Crippen molar-refractivity contribution in [2.24, 2.45) is 0 Å². The van der Waals surface area contributed by atoms with E-state index in [9.17, 15) is 9.18 Å². The minimum absolute atomic E-state index is 0.157. The van der Waals surface area contributed by atoms with E-state index in [0.717, 1.165) is 0 Å². The van der Waals surface area contributed by atoms with E-state index in [0.29, 0.717) is 48.9 Å². The van der Waals surface area contributed by atoms with Crippen LogP contribution in [0.2, 0.25) is 0 Å². The molecule has 1 N–H and O–H groups in total. The number of nitrogens with zero attached hydrogens (tertiary/aromatic N) is 3. The minimum atomic E-state index is -1.18. The van der Waals surface area contributed by atoms with Gasteiger partial charge in [0.1, 0.15) is 17.0 Å². The van der Waals surface area contributed by atoms with Crippen LogP contribution in [0.4, 0.5) is 10.2 Å². The third-order valence-electron chi connectivity index (χ3n) is 3.98. The maximum absolute atomic E-state index is 13.3. The van der Waals surface area contributed by atoms with Crippen molar-refractivity contribution in [2.75, 3.05) is 31.2 Å². The van der Waals surface area contributed by atoms with Gasteiger partial charge in [0.15, 0.2) is 5.82 Å². The molecule has 1 aromatic carbocycles. The average molecular weight is 343 g/mol. The molecule has 1 saturated heterocycles. The molecule has 0 radical (unpaired) electrons. The number of benzene rings is 1. The molecule has 128 valence electrons. The van der Waals surface area contributed by atoms with Crippen LogP contribution in [0.15, 0.2) is 34.7 Å². The first-order chi connectivity index (χ1) is 12.1. The number of rotatable bonds is 3. The molecule has 7 nitrogen and oxygen atoms in total. The van der Waals surface area contributed by atoms with Crippen molar-refractivity contribution in [3.63, 3.8) is 0 Å². The molecular weight excluding hydrogens is 329 g/mol. The SMILES string of the molecule is O=C(O)c1cc2nc(-c3ccc(F)cc3)c(N3CCOCC3)nc2o1. The van der Waals surface area contributed by atoms with Crippen molar-refractivity contribution in [1.29, 1.82) is 0 Å². The summed E-state index contributed by atoms with van der Waals surface area (Å²) in [5.74, 6) is -1.19. The molecule has 0 saturated carbocycles. The summed E-state index contributed by atoms with van der Waals surface area (Å²) in [4.78, 5) is 22.1. The van der Waals surface area contributed by atoms with E-state index < -0.39 is 5.97 Å². The molecule has 0 aliphatic carbocycles. The second kappa shape index (κ2) is 6.14. The predicted octanol–water partition coefficient (Wildman–Crippen LogP) is 2.56. The average Bonchev–Trinajstić information content (AvgIpc) is 3.05. The van der Waals surface area contributed by atoms with Crippen LogP contribution in [0.1, 0.15) is 10.6 Å². The lowest BCUT2D eigenvalue weighted by molar-refractivity contribution is 0.0664. The summed E-state index contributed by atoms with van der Waals surface area (Å²) in [5, 5.41) is 9.10. The van der Waals surface area contributed by atoms with E-state index in [1.54, 1.807) is 12.1 Å². The second-order valence-corrected chi connectivity index (χ2v) is 5.61. The standard InChI is InChI=1S/C17H14FN3O4/c18-11-3-1-10(2-4-11)14-15(21-5-7-24-8-6-21)20-16-12(19-14)9-13(25-16)17(22)23/h1-4,9H,5-8H2,(H,22,23). The summed E-state index contributed by atoms with van der Waals surface area (Å²) in [7, 11) is 0. The lowest BCUT2D eigenvalue weighted by Crippen LogP contribution is -2.37. The van der Waals surface area contributed by atoms with E-state index >= 15 is 0 Å². The van der Waals surface area contributed by atoms with Gasteiger partial charge in [-0.2, -0.15) is 4.98 Å². The third-order valence-corrected chi connectivity index (χ3v) is 3.98. The zero-order chi connectivity index (χ0) is 17.4. The first-order valence-corrected chi connectivity index (χ1v) is 7.75. The van der Waals surface area contributed by atoms with Crippen LogP contribution in [0.3, 0.4) is 0 Å². The molecular formula is C17H14FN3O4. The van der Waals surface area contributed by atoms with Gasteiger partial charge in [0, 0.05) is 24.7 Å². The van der Waals surface area contributed by atoms with Gasteiger partial charge >= 0.3 is 5.97 Å². The Morgan fingerprint density at radius 3 is 2.56 bits per heavy atom. The first-order valence-electron chi connectivity index (χ1n) is 7.75. The Morgan fingerprint density at radius 1 is 1.16 bits per heavy atom. The van der Waals surface area contributed by atoms with Crippen molar-refractivity contribution in [2.45, 2.75) is 0 Å². The van der Waals surface area contributed by atoms with Crippen LogP contribution < -0.4 is 4.90 Å². The summed E-state index contributed by atoms with van der Waals surface area (Å²) in [5.41, 5.74) is 1.74. The molecule has 0 bridgehead atoms. The number of morpholine rings is 1. The molecule has 2 aromatic heterocycles. The van der Waals surface area contributed by atoms with Crippen molar-refractivity contribution >= 4 is 23.0 Å². The second-order valence-electron chi connectivity index (χ2n) is 5.61. The van der Waals surface area contributed by atoms with Crippen molar-refractivity contribution in [1.82, 2.24) is 9.97 Å². The van der Waals surface area contributed by atoms with E-state index in [1.165, 1.54) is 18.2 Å². The van der Waals surface area contributed by atoms with Gasteiger partial charge in [0.05, 0.1) is 13.2 Å². The fourth-order valence-corrected chi connectivity index (χ4v) is 2.75. The molecule has 1 fully saturated rings. The van der Waals surface area contributed by atoms with Gasteiger partial charge in [0.2, 0.25) is 11.5 Å². The summed E-state index contributed by atoms with van der Waals surface area (Å²) in [6.45, 7) is 2.37. The number of carbonyl (C=O) groups is 1. The number of carboxylic acids is 1. The van der Waals surface area contributed by atoms with Crippen LogP contribution in [0.5, 0.6) is 0 Å². The molecule has 8 heteroatoms. The number of anilines is 1. The Bertz CT molecular complexity index is 933. The lowest BCUT2D eigenvalue weighted by Gasteiger charge is -2.28. The Morgan fingerprint density at radius 2 is 1.88 bits per heavy atom. The van der Waals surface area contributed by atoms with Crippen molar-refractivity contribution < 1.29 is 23.4 Å². The highest BCUT2D eigenvalue weighted by Gasteiger charge is 2.22. The number of hydrogen-bond acceptors (Lipinski definition) is 6. The number of aromatic nitrogens is 2. The van der Waals surface area contributed by atoms with E-state index in [-0.39, 0.29) is 17.3 Å². The fraction of sp³-hybridized carbons (Fsp3) is 0.235. The molecule has 3 heterocycles. The molecule has 3 aromatic rings. The number of furan rings is 1. The zero-order valence-corrected chi connectivity index (χ0v) is 13.1. The highest BCUT2D eigenvalue weighted by molar-refractivity contribution is 5.90. The summed E-state index contributed by atoms with van der Waals surface area (Å²) < 4.78 is 23.9. The third kappa shape index (κ3) is 2.91. The summed E-state index contributed by atoms with van der Waals surface area (Å²) in [6, 6.07) is 7.27. The van der Waals surface area contributed by atoms with E-state index in [1.807, 2.05) is 4.90 Å². The molecule has 1 aliphatic rings. The Hall–Kier alpha value is -3.00. The highest BCUT2D eigenvalue weighted by Crippen LogP contribution is 2.31. The van der Waals surface area contributed by atoms with Gasteiger partial charge in [-0.25, -0.2) is 14.2 Å². The van der Waals surface area contributed by atoms with Crippen LogP contribution >= 0.6 is 0 Å². The van der Waals surface area contributed by atoms with Gasteiger partial charge in [-0.3, -0.25) is 0 Å². The molecule has 25 heavy (non-hydrogen) atoms. The van der Waals surface area contributed by atoms with Crippen molar-refractivity contribution in [3.05, 3.63) is 41.9 Å². The quantitative estimate of drug-likeness (QED) is 0.782. The molecule has 0 spiro atoms. The van der Waals surface area contributed by atoms with Crippen LogP contribution in [0.25, 0.3) is 22.5 Å². The molecule has 0 atom stereocenters. The largest absolute Gasteiger partial charge is 0.475 e. The molecule has 0 unspecified atom stereocenters. The normalized spacial score (nSPS) is 14.8. The van der Waals surface area contributed by atoms with Crippen LogP contribution in [0, 0.1) is 5.82 Å². The fourth-order valence-electron chi connectivity index (χ4n) is 2.75. The first kappa shape index (κ1) is 15.5. The number of halogens is 1. The summed E-state index contributed by atoms with van der Waals surface area (Å²) >= 11 is 0. The van der Waals surface area contributed by atoms with Gasteiger partial charge in [0.25, 0.3) is 0 Å². The van der Waals surface area contributed by atoms with E-state index in [2.05, 4.69) is 9.97 Å². The molecule has 1 aliphatic heterocycles. The van der Waals surface area contributed by atoms with Crippen LogP contribution in [-0.2, 0) is 4.74 Å². The monoisotopic (exact) mass is 343 g/mol. The Kier molecular flexibility index (Phi) is 3.81. The van der Waals surface area contributed by atoms with Gasteiger partial charge < -0.3 is 19.2 Å². The van der Waals surface area contributed by atoms with E-state index in [4.69, 9.17) is 14.3 Å². The molecule has 4 rings (SSSR count). The minimum Gasteiger partial charge on any atom is -0.475 e.